The highest BCUT2D eigenvalue weighted by Gasteiger charge is 2.32. The van der Waals surface area contributed by atoms with E-state index < -0.39 is 0 Å². The first kappa shape index (κ1) is 20.4. The maximum atomic E-state index is 11.3. The van der Waals surface area contributed by atoms with Crippen LogP contribution in [-0.2, 0) is 16.1 Å². The number of hydrogen-bond donors (Lipinski definition) is 1. The van der Waals surface area contributed by atoms with Crippen molar-refractivity contribution in [1.82, 2.24) is 4.90 Å². The predicted octanol–water partition coefficient (Wildman–Crippen LogP) is 3.03. The third kappa shape index (κ3) is 4.72. The van der Waals surface area contributed by atoms with E-state index in [1.54, 1.807) is 0 Å². The Kier molecular flexibility index (Phi) is 6.70. The van der Waals surface area contributed by atoms with Crippen molar-refractivity contribution < 1.29 is 14.3 Å². The minimum atomic E-state index is -0.375. The fraction of sp³-hybridized carbons (Fsp3) is 0.435. The van der Waals surface area contributed by atoms with Gasteiger partial charge in [-0.25, -0.2) is 4.79 Å². The lowest BCUT2D eigenvalue weighted by Gasteiger charge is -2.19. The molecule has 2 aromatic carbocycles. The lowest BCUT2D eigenvalue weighted by molar-refractivity contribution is -0.142. The maximum Gasteiger partial charge on any atom is 0.343 e. The number of esters is 1. The van der Waals surface area contributed by atoms with Gasteiger partial charge in [0.15, 0.2) is 6.61 Å². The molecule has 0 saturated carbocycles. The second-order valence-electron chi connectivity index (χ2n) is 7.63. The molecule has 0 amide bonds. The fourth-order valence-corrected chi connectivity index (χ4v) is 4.21. The normalized spacial score (nSPS) is 19.6. The molecule has 5 nitrogen and oxygen atoms in total. The van der Waals surface area contributed by atoms with Gasteiger partial charge in [-0.3, -0.25) is 4.90 Å². The lowest BCUT2D eigenvalue weighted by atomic mass is 9.89. The minimum absolute atomic E-state index is 0.0689. The summed E-state index contributed by atoms with van der Waals surface area (Å²) in [5, 5.41) is 0. The number of likely N-dealkylation sites (tertiary alicyclic amines) is 1. The molecule has 1 saturated heterocycles. The molecule has 1 aliphatic rings. The largest absolute Gasteiger partial charge is 0.481 e. The summed E-state index contributed by atoms with van der Waals surface area (Å²) in [4.78, 5) is 13.8. The number of carbonyl (C=O) groups is 1. The van der Waals surface area contributed by atoms with Gasteiger partial charge in [-0.1, -0.05) is 42.5 Å². The quantitative estimate of drug-likeness (QED) is 0.746. The van der Waals surface area contributed by atoms with Crippen molar-refractivity contribution in [3.05, 3.63) is 64.7 Å². The first-order valence-corrected chi connectivity index (χ1v) is 9.79. The summed E-state index contributed by atoms with van der Waals surface area (Å²) in [6.45, 7) is 7.58. The van der Waals surface area contributed by atoms with Crippen LogP contribution in [0.2, 0.25) is 0 Å². The van der Waals surface area contributed by atoms with Crippen LogP contribution >= 0.6 is 0 Å². The number of rotatable bonds is 7. The summed E-state index contributed by atoms with van der Waals surface area (Å²) in [5.74, 6) is 1.35. The van der Waals surface area contributed by atoms with Gasteiger partial charge in [0.25, 0.3) is 0 Å². The lowest BCUT2D eigenvalue weighted by Crippen LogP contribution is -2.23. The Balaban J connectivity index is 1.69. The molecule has 0 spiro atoms. The van der Waals surface area contributed by atoms with E-state index in [9.17, 15) is 4.79 Å². The van der Waals surface area contributed by atoms with E-state index in [-0.39, 0.29) is 12.6 Å². The van der Waals surface area contributed by atoms with Gasteiger partial charge in [-0.05, 0) is 48.6 Å². The number of carbonyl (C=O) groups excluding carboxylic acids is 1. The number of benzene rings is 2. The van der Waals surface area contributed by atoms with Crippen molar-refractivity contribution in [2.75, 3.05) is 33.4 Å². The summed E-state index contributed by atoms with van der Waals surface area (Å²) in [5.41, 5.74) is 10.8. The van der Waals surface area contributed by atoms with Gasteiger partial charge in [0.2, 0.25) is 0 Å². The molecule has 2 N–H and O–H groups in total. The van der Waals surface area contributed by atoms with Gasteiger partial charge in [0.1, 0.15) is 5.75 Å². The van der Waals surface area contributed by atoms with Gasteiger partial charge >= 0.3 is 5.97 Å². The average Bonchev–Trinajstić information content (AvgIpc) is 3.10. The van der Waals surface area contributed by atoms with Crippen LogP contribution in [0.4, 0.5) is 0 Å². The van der Waals surface area contributed by atoms with E-state index in [1.165, 1.54) is 18.2 Å². The third-order valence-corrected chi connectivity index (χ3v) is 5.54. The Morgan fingerprint density at radius 3 is 2.43 bits per heavy atom. The van der Waals surface area contributed by atoms with Crippen LogP contribution in [0.15, 0.2) is 42.5 Å². The van der Waals surface area contributed by atoms with Crippen molar-refractivity contribution >= 4 is 5.97 Å². The third-order valence-electron chi connectivity index (χ3n) is 5.54. The number of nitrogens with zero attached hydrogens (tertiary/aromatic N) is 1. The molecule has 0 bridgehead atoms. The molecule has 2 aromatic rings. The molecule has 5 heteroatoms. The highest BCUT2D eigenvalue weighted by Crippen LogP contribution is 2.33. The molecule has 1 fully saturated rings. The molecule has 2 atom stereocenters. The van der Waals surface area contributed by atoms with Gasteiger partial charge in [-0.15, -0.1) is 0 Å². The second-order valence-corrected chi connectivity index (χ2v) is 7.63. The zero-order valence-electron chi connectivity index (χ0n) is 17.0. The zero-order chi connectivity index (χ0) is 20.1. The smallest absolute Gasteiger partial charge is 0.343 e. The van der Waals surface area contributed by atoms with E-state index >= 15 is 0 Å². The Hall–Kier alpha value is -2.37. The number of methoxy groups -OCH3 is 1. The number of ether oxygens (including phenoxy) is 2. The number of hydrogen-bond acceptors (Lipinski definition) is 5. The summed E-state index contributed by atoms with van der Waals surface area (Å²) >= 11 is 0. The average molecular weight is 383 g/mol. The molecular weight excluding hydrogens is 352 g/mol. The van der Waals surface area contributed by atoms with E-state index in [0.717, 1.165) is 36.5 Å². The van der Waals surface area contributed by atoms with Gasteiger partial charge < -0.3 is 15.2 Å². The van der Waals surface area contributed by atoms with Gasteiger partial charge in [-0.2, -0.15) is 0 Å². The van der Waals surface area contributed by atoms with Crippen LogP contribution < -0.4 is 10.5 Å². The Morgan fingerprint density at radius 1 is 1.14 bits per heavy atom. The van der Waals surface area contributed by atoms with Crippen molar-refractivity contribution in [3.8, 4) is 5.75 Å². The number of nitrogens with two attached hydrogens (primary N) is 1. The van der Waals surface area contributed by atoms with Crippen molar-refractivity contribution in [2.24, 2.45) is 11.7 Å². The van der Waals surface area contributed by atoms with Crippen molar-refractivity contribution in [3.63, 3.8) is 0 Å². The topological polar surface area (TPSA) is 64.8 Å². The highest BCUT2D eigenvalue weighted by molar-refractivity contribution is 5.71. The van der Waals surface area contributed by atoms with Gasteiger partial charge in [0.05, 0.1) is 7.11 Å². The summed E-state index contributed by atoms with van der Waals surface area (Å²) < 4.78 is 10.3. The van der Waals surface area contributed by atoms with Gasteiger partial charge in [0, 0.05) is 25.6 Å². The fourth-order valence-electron chi connectivity index (χ4n) is 4.21. The van der Waals surface area contributed by atoms with Crippen LogP contribution in [0, 0.1) is 19.8 Å². The van der Waals surface area contributed by atoms with Crippen molar-refractivity contribution in [1.29, 1.82) is 0 Å². The maximum absolute atomic E-state index is 11.3. The molecule has 1 heterocycles. The van der Waals surface area contributed by atoms with E-state index in [4.69, 9.17) is 10.5 Å². The molecule has 0 radical (unpaired) electrons. The molecular formula is C23H30N2O3. The van der Waals surface area contributed by atoms with E-state index in [2.05, 4.69) is 52.1 Å². The van der Waals surface area contributed by atoms with E-state index in [1.807, 2.05) is 13.8 Å². The summed E-state index contributed by atoms with van der Waals surface area (Å²) in [6, 6.07) is 15.0. The van der Waals surface area contributed by atoms with E-state index in [0.29, 0.717) is 18.4 Å². The van der Waals surface area contributed by atoms with Crippen LogP contribution in [-0.4, -0.2) is 44.2 Å². The summed E-state index contributed by atoms with van der Waals surface area (Å²) in [6.07, 6.45) is 0. The molecule has 1 aliphatic heterocycles. The Bertz CT molecular complexity index is 784. The van der Waals surface area contributed by atoms with Crippen LogP contribution in [0.5, 0.6) is 5.75 Å². The Labute approximate surface area is 167 Å². The first-order valence-electron chi connectivity index (χ1n) is 9.79. The zero-order valence-corrected chi connectivity index (χ0v) is 17.0. The molecule has 28 heavy (non-hydrogen) atoms. The molecule has 150 valence electrons. The summed E-state index contributed by atoms with van der Waals surface area (Å²) in [7, 11) is 1.36. The molecule has 0 aromatic heterocycles. The highest BCUT2D eigenvalue weighted by atomic mass is 16.6. The number of aryl methyl sites for hydroxylation is 2. The predicted molar refractivity (Wildman–Crippen MR) is 110 cm³/mol. The van der Waals surface area contributed by atoms with Crippen LogP contribution in [0.25, 0.3) is 0 Å². The second kappa shape index (κ2) is 9.22. The standard InChI is InChI=1S/C23H30N2O3/c1-16-9-18(10-17(2)23(16)28-15-22(26)27-3)12-25-13-20(11-24)21(14-25)19-7-5-4-6-8-19/h4-10,20-21H,11-15,24H2,1-3H3/t20-,21+/m1/s1. The SMILES string of the molecule is COC(=O)COc1c(C)cc(CN2C[C@@H](CN)[C@H](c3ccccc3)C2)cc1C. The molecule has 0 unspecified atom stereocenters. The van der Waals surface area contributed by atoms with Crippen LogP contribution in [0.1, 0.15) is 28.2 Å². The first-order chi connectivity index (χ1) is 13.5. The minimum Gasteiger partial charge on any atom is -0.481 e. The monoisotopic (exact) mass is 382 g/mol. The molecule has 0 aliphatic carbocycles. The van der Waals surface area contributed by atoms with Crippen LogP contribution in [0.3, 0.4) is 0 Å². The van der Waals surface area contributed by atoms with Crippen molar-refractivity contribution in [2.45, 2.75) is 26.3 Å². The Morgan fingerprint density at radius 2 is 1.82 bits per heavy atom. The molecule has 3 rings (SSSR count).